The highest BCUT2D eigenvalue weighted by Gasteiger charge is 2.35. The van der Waals surface area contributed by atoms with Crippen LogP contribution >= 0.6 is 0 Å². The fraction of sp³-hybridized carbons (Fsp3) is 0.938. The molecule has 1 atom stereocenters. The van der Waals surface area contributed by atoms with E-state index in [2.05, 4.69) is 6.92 Å². The molecule has 114 valence electrons. The topological polar surface area (TPSA) is 63.3 Å². The summed E-state index contributed by atoms with van der Waals surface area (Å²) in [6.45, 7) is 4.53. The van der Waals surface area contributed by atoms with Gasteiger partial charge in [-0.15, -0.1) is 0 Å². The summed E-state index contributed by atoms with van der Waals surface area (Å²) in [5.74, 6) is -0.709. The molecule has 0 saturated heterocycles. The van der Waals surface area contributed by atoms with Crippen molar-refractivity contribution in [3.63, 3.8) is 0 Å². The van der Waals surface area contributed by atoms with Gasteiger partial charge in [0.25, 0.3) is 0 Å². The van der Waals surface area contributed by atoms with Gasteiger partial charge in [-0.05, 0) is 12.8 Å². The molecule has 19 heavy (non-hydrogen) atoms. The minimum atomic E-state index is -0.709. The van der Waals surface area contributed by atoms with E-state index in [9.17, 15) is 9.90 Å². The molecule has 0 radical (unpaired) electrons. The molecular formula is C16H33NO2. The lowest BCUT2D eigenvalue weighted by Crippen LogP contribution is -2.38. The van der Waals surface area contributed by atoms with Crippen molar-refractivity contribution in [1.29, 1.82) is 0 Å². The van der Waals surface area contributed by atoms with E-state index in [0.717, 1.165) is 25.7 Å². The van der Waals surface area contributed by atoms with Gasteiger partial charge in [-0.3, -0.25) is 4.79 Å². The van der Waals surface area contributed by atoms with Gasteiger partial charge < -0.3 is 10.8 Å². The van der Waals surface area contributed by atoms with Crippen molar-refractivity contribution < 1.29 is 9.90 Å². The molecule has 0 aliphatic rings. The highest BCUT2D eigenvalue weighted by Crippen LogP contribution is 2.30. The maximum absolute atomic E-state index is 11.4. The molecule has 3 nitrogen and oxygen atoms in total. The number of hydrogen-bond acceptors (Lipinski definition) is 2. The molecule has 1 unspecified atom stereocenters. The van der Waals surface area contributed by atoms with Gasteiger partial charge in [0.2, 0.25) is 0 Å². The second-order valence-electron chi connectivity index (χ2n) is 5.76. The molecule has 0 aromatic rings. The summed E-state index contributed by atoms with van der Waals surface area (Å²) in [5, 5.41) is 9.37. The standard InChI is InChI=1S/C16H33NO2/c1-3-5-6-7-8-9-10-11-13-16(14-17,12-4-2)15(18)19/h3-14,17H2,1-2H3,(H,18,19). The minimum absolute atomic E-state index is 0.271. The third kappa shape index (κ3) is 7.56. The zero-order chi connectivity index (χ0) is 14.6. The first-order valence-electron chi connectivity index (χ1n) is 8.06. The molecule has 3 N–H and O–H groups in total. The number of rotatable bonds is 13. The van der Waals surface area contributed by atoms with Crippen molar-refractivity contribution in [1.82, 2.24) is 0 Å². The Kier molecular flexibility index (Phi) is 10.9. The van der Waals surface area contributed by atoms with Crippen molar-refractivity contribution in [3.8, 4) is 0 Å². The van der Waals surface area contributed by atoms with Crippen LogP contribution < -0.4 is 5.73 Å². The number of carboxylic acids is 1. The van der Waals surface area contributed by atoms with E-state index in [4.69, 9.17) is 5.73 Å². The summed E-state index contributed by atoms with van der Waals surface area (Å²) in [6.07, 6.45) is 12.3. The molecule has 0 aliphatic heterocycles. The molecule has 0 aromatic carbocycles. The number of unbranched alkanes of at least 4 members (excludes halogenated alkanes) is 7. The van der Waals surface area contributed by atoms with Crippen LogP contribution in [0.15, 0.2) is 0 Å². The average molecular weight is 271 g/mol. The van der Waals surface area contributed by atoms with E-state index in [1.807, 2.05) is 6.92 Å². The first kappa shape index (κ1) is 18.4. The van der Waals surface area contributed by atoms with Crippen LogP contribution in [-0.4, -0.2) is 17.6 Å². The summed E-state index contributed by atoms with van der Waals surface area (Å²) < 4.78 is 0. The number of aliphatic carboxylic acids is 1. The van der Waals surface area contributed by atoms with Crippen LogP contribution in [0.5, 0.6) is 0 Å². The third-order valence-electron chi connectivity index (χ3n) is 4.08. The number of carboxylic acid groups (broad SMARTS) is 1. The van der Waals surface area contributed by atoms with Gasteiger partial charge >= 0.3 is 5.97 Å². The fourth-order valence-electron chi connectivity index (χ4n) is 2.71. The Morgan fingerprint density at radius 2 is 1.42 bits per heavy atom. The minimum Gasteiger partial charge on any atom is -0.481 e. The Balaban J connectivity index is 3.78. The predicted molar refractivity (Wildman–Crippen MR) is 81.3 cm³/mol. The first-order chi connectivity index (χ1) is 9.13. The number of carbonyl (C=O) groups is 1. The molecule has 3 heteroatoms. The van der Waals surface area contributed by atoms with Gasteiger partial charge in [0.05, 0.1) is 5.41 Å². The van der Waals surface area contributed by atoms with Gasteiger partial charge in [0, 0.05) is 6.54 Å². The van der Waals surface area contributed by atoms with Crippen molar-refractivity contribution in [2.45, 2.75) is 84.5 Å². The van der Waals surface area contributed by atoms with Gasteiger partial charge in [0.1, 0.15) is 0 Å². The van der Waals surface area contributed by atoms with Crippen LogP contribution in [0.1, 0.15) is 84.5 Å². The Morgan fingerprint density at radius 1 is 0.895 bits per heavy atom. The summed E-state index contributed by atoms with van der Waals surface area (Å²) >= 11 is 0. The number of nitrogens with two attached hydrogens (primary N) is 1. The molecule has 0 fully saturated rings. The van der Waals surface area contributed by atoms with E-state index in [1.165, 1.54) is 38.5 Å². The van der Waals surface area contributed by atoms with Crippen molar-refractivity contribution in [2.24, 2.45) is 11.1 Å². The highest BCUT2D eigenvalue weighted by atomic mass is 16.4. The van der Waals surface area contributed by atoms with E-state index >= 15 is 0 Å². The monoisotopic (exact) mass is 271 g/mol. The van der Waals surface area contributed by atoms with Gasteiger partial charge in [-0.25, -0.2) is 0 Å². The third-order valence-corrected chi connectivity index (χ3v) is 4.08. The van der Waals surface area contributed by atoms with Gasteiger partial charge in [-0.1, -0.05) is 71.6 Å². The van der Waals surface area contributed by atoms with Crippen LogP contribution in [0.25, 0.3) is 0 Å². The molecule has 0 aliphatic carbocycles. The zero-order valence-electron chi connectivity index (χ0n) is 12.9. The molecule has 0 saturated carbocycles. The lowest BCUT2D eigenvalue weighted by atomic mass is 9.78. The Labute approximate surface area is 119 Å². The second kappa shape index (κ2) is 11.3. The SMILES string of the molecule is CCCCCCCCCCC(CN)(CCC)C(=O)O. The van der Waals surface area contributed by atoms with Crippen LogP contribution in [0.3, 0.4) is 0 Å². The normalized spacial score (nSPS) is 14.3. The van der Waals surface area contributed by atoms with Gasteiger partial charge in [-0.2, -0.15) is 0 Å². The largest absolute Gasteiger partial charge is 0.481 e. The second-order valence-corrected chi connectivity index (χ2v) is 5.76. The first-order valence-corrected chi connectivity index (χ1v) is 8.06. The molecule has 0 heterocycles. The Hall–Kier alpha value is -0.570. The smallest absolute Gasteiger partial charge is 0.310 e. The maximum Gasteiger partial charge on any atom is 0.310 e. The molecule has 0 spiro atoms. The Morgan fingerprint density at radius 3 is 1.84 bits per heavy atom. The van der Waals surface area contributed by atoms with Crippen LogP contribution in [0, 0.1) is 5.41 Å². The predicted octanol–water partition coefficient (Wildman–Crippen LogP) is 4.35. The fourth-order valence-corrected chi connectivity index (χ4v) is 2.71. The number of hydrogen-bond donors (Lipinski definition) is 2. The summed E-state index contributed by atoms with van der Waals surface area (Å²) in [7, 11) is 0. The van der Waals surface area contributed by atoms with Gasteiger partial charge in [0.15, 0.2) is 0 Å². The van der Waals surface area contributed by atoms with Crippen LogP contribution in [0.4, 0.5) is 0 Å². The average Bonchev–Trinajstić information content (AvgIpc) is 2.40. The Bertz CT molecular complexity index is 231. The molecule has 0 aromatic heterocycles. The van der Waals surface area contributed by atoms with Crippen LogP contribution in [0.2, 0.25) is 0 Å². The zero-order valence-corrected chi connectivity index (χ0v) is 12.9. The lowest BCUT2D eigenvalue weighted by Gasteiger charge is -2.27. The molecule has 0 amide bonds. The van der Waals surface area contributed by atoms with Crippen molar-refractivity contribution in [2.75, 3.05) is 6.54 Å². The van der Waals surface area contributed by atoms with Crippen molar-refractivity contribution in [3.05, 3.63) is 0 Å². The summed E-state index contributed by atoms with van der Waals surface area (Å²) in [4.78, 5) is 11.4. The lowest BCUT2D eigenvalue weighted by molar-refractivity contribution is -0.149. The van der Waals surface area contributed by atoms with Crippen LogP contribution in [-0.2, 0) is 4.79 Å². The summed E-state index contributed by atoms with van der Waals surface area (Å²) in [5.41, 5.74) is 5.04. The molecule has 0 rings (SSSR count). The summed E-state index contributed by atoms with van der Waals surface area (Å²) in [6, 6.07) is 0. The van der Waals surface area contributed by atoms with E-state index < -0.39 is 11.4 Å². The van der Waals surface area contributed by atoms with E-state index in [1.54, 1.807) is 0 Å². The van der Waals surface area contributed by atoms with E-state index in [-0.39, 0.29) is 6.54 Å². The highest BCUT2D eigenvalue weighted by molar-refractivity contribution is 5.74. The van der Waals surface area contributed by atoms with E-state index in [0.29, 0.717) is 6.42 Å². The molecule has 0 bridgehead atoms. The quantitative estimate of drug-likeness (QED) is 0.490. The van der Waals surface area contributed by atoms with Crippen molar-refractivity contribution >= 4 is 5.97 Å². The molecular weight excluding hydrogens is 238 g/mol. The maximum atomic E-state index is 11.4.